The smallest absolute Gasteiger partial charge is 0.294 e. The van der Waals surface area contributed by atoms with Crippen LogP contribution in [0.15, 0.2) is 57.6 Å². The zero-order valence-electron chi connectivity index (χ0n) is 17.4. The van der Waals surface area contributed by atoms with Crippen molar-refractivity contribution in [2.75, 3.05) is 16.9 Å². The molecule has 188 valence electrons. The Balaban J connectivity index is 2.28. The number of nitrogen functional groups attached to an aromatic ring is 1. The monoisotopic (exact) mass is 546 g/mol. The fourth-order valence-corrected chi connectivity index (χ4v) is 4.70. The number of rotatable bonds is 10. The lowest BCUT2D eigenvalue weighted by molar-refractivity contribution is -0.432. The molecule has 0 aromatic heterocycles. The van der Waals surface area contributed by atoms with Crippen LogP contribution in [0.4, 0.5) is 22.7 Å². The largest absolute Gasteiger partial charge is 0.507 e. The minimum Gasteiger partial charge on any atom is -0.507 e. The summed E-state index contributed by atoms with van der Waals surface area (Å²) in [6, 6.07) is 9.89. The van der Waals surface area contributed by atoms with Crippen LogP contribution in [0, 0.1) is 0 Å². The molecule has 0 atom stereocenters. The predicted molar refractivity (Wildman–Crippen MR) is 127 cm³/mol. The zero-order chi connectivity index (χ0) is 25.8. The maximum Gasteiger partial charge on any atom is 0.294 e. The molecule has 7 N–H and O–H groups in total. The number of nitrogens with one attached hydrogen (secondary N) is 1. The topological polar surface area (TPSA) is 230 Å². The van der Waals surface area contributed by atoms with Gasteiger partial charge in [0.05, 0.1) is 22.5 Å². The molecule has 0 saturated carbocycles. The van der Waals surface area contributed by atoms with Gasteiger partial charge in [0.2, 0.25) is 0 Å². The molecule has 0 aliphatic heterocycles. The van der Waals surface area contributed by atoms with Gasteiger partial charge in [-0.3, -0.25) is 9.11 Å². The molecule has 0 unspecified atom stereocenters. The van der Waals surface area contributed by atoms with Crippen molar-refractivity contribution in [2.45, 2.75) is 10.6 Å². The second-order valence-corrected chi connectivity index (χ2v) is 10.3. The Hall–Kier alpha value is -3.03. The summed E-state index contributed by atoms with van der Waals surface area (Å²) in [4.78, 5) is -0.656. The average Bonchev–Trinajstić information content (AvgIpc) is 2.77. The number of phenols is 1. The van der Waals surface area contributed by atoms with Gasteiger partial charge in [-0.15, -0.1) is 9.45 Å². The van der Waals surface area contributed by atoms with Gasteiger partial charge in [-0.05, 0) is 41.8 Å². The number of fused-ring (bicyclic) bond motifs is 1. The summed E-state index contributed by atoms with van der Waals surface area (Å²) in [5.74, 6) is -1.99. The van der Waals surface area contributed by atoms with Gasteiger partial charge in [0.15, 0.2) is 0 Å². The Kier molecular flexibility index (Phi) is 8.13. The molecule has 14 nitrogen and oxygen atoms in total. The number of nitrogens with zero attached hydrogens (tertiary/aromatic N) is 2. The van der Waals surface area contributed by atoms with E-state index in [2.05, 4.69) is 24.9 Å². The highest BCUT2D eigenvalue weighted by molar-refractivity contribution is 7.93. The number of aromatic hydroxyl groups is 1. The second-order valence-electron chi connectivity index (χ2n) is 6.84. The zero-order valence-corrected chi connectivity index (χ0v) is 19.8. The van der Waals surface area contributed by atoms with Crippen molar-refractivity contribution < 1.29 is 45.7 Å². The first-order valence-corrected chi connectivity index (χ1v) is 13.2. The molecule has 3 rings (SSSR count). The van der Waals surface area contributed by atoms with Crippen LogP contribution in [0.2, 0.25) is 0 Å². The number of phenolic OH excluding ortho intramolecular Hbond substituents is 1. The fraction of sp³-hybridized carbons (Fsp3) is 0.111. The van der Waals surface area contributed by atoms with Crippen LogP contribution in [0.1, 0.15) is 5.56 Å². The summed E-state index contributed by atoms with van der Waals surface area (Å²) in [5, 5.41) is 33.4. The van der Waals surface area contributed by atoms with Gasteiger partial charge in [0.1, 0.15) is 22.2 Å². The highest BCUT2D eigenvalue weighted by atomic mass is 32.2. The summed E-state index contributed by atoms with van der Waals surface area (Å²) < 4.78 is 69.4. The molecular weight excluding hydrogens is 528 g/mol. The molecule has 3 aromatic rings. The van der Waals surface area contributed by atoms with Crippen molar-refractivity contribution in [3.8, 4) is 5.75 Å². The van der Waals surface area contributed by atoms with E-state index < -0.39 is 42.5 Å². The van der Waals surface area contributed by atoms with Crippen LogP contribution < -0.4 is 11.1 Å². The molecule has 3 aromatic carbocycles. The Morgan fingerprint density at radius 2 is 1.71 bits per heavy atom. The molecule has 35 heavy (non-hydrogen) atoms. The van der Waals surface area contributed by atoms with Crippen LogP contribution >= 0.6 is 12.0 Å². The summed E-state index contributed by atoms with van der Waals surface area (Å²) in [5.41, 5.74) is 6.02. The van der Waals surface area contributed by atoms with E-state index in [9.17, 15) is 26.5 Å². The maximum absolute atomic E-state index is 11.9. The SMILES string of the molecule is Nc1ccc(N=Nc2c(NCS(=O)(=O)O)ccc3cc(S(=O)(=O)O)c(CSOOO)c(O)c23)cc1. The first-order valence-electron chi connectivity index (χ1n) is 9.26. The summed E-state index contributed by atoms with van der Waals surface area (Å²) in [7, 11) is -9.28. The quantitative estimate of drug-likeness (QED) is 0.0406. The molecule has 0 fully saturated rings. The minimum absolute atomic E-state index is 0.0118. The van der Waals surface area contributed by atoms with E-state index in [4.69, 9.17) is 15.5 Å². The highest BCUT2D eigenvalue weighted by Crippen LogP contribution is 2.45. The van der Waals surface area contributed by atoms with E-state index in [1.807, 2.05) is 0 Å². The lowest BCUT2D eigenvalue weighted by Gasteiger charge is -2.15. The lowest BCUT2D eigenvalue weighted by atomic mass is 10.0. The number of anilines is 2. The normalized spacial score (nSPS) is 12.4. The molecule has 0 aliphatic rings. The van der Waals surface area contributed by atoms with Gasteiger partial charge in [-0.2, -0.15) is 21.9 Å². The van der Waals surface area contributed by atoms with E-state index in [1.54, 1.807) is 24.3 Å². The number of hydrogen-bond acceptors (Lipinski definition) is 13. The fourth-order valence-electron chi connectivity index (χ4n) is 3.01. The van der Waals surface area contributed by atoms with Gasteiger partial charge < -0.3 is 16.2 Å². The van der Waals surface area contributed by atoms with Crippen LogP contribution in [0.25, 0.3) is 10.8 Å². The Bertz CT molecular complexity index is 1480. The Morgan fingerprint density at radius 3 is 2.31 bits per heavy atom. The van der Waals surface area contributed by atoms with Gasteiger partial charge in [0.25, 0.3) is 20.2 Å². The summed E-state index contributed by atoms with van der Waals surface area (Å²) in [6.07, 6.45) is 0. The van der Waals surface area contributed by atoms with Crippen molar-refractivity contribution in [3.05, 3.63) is 48.0 Å². The molecule has 17 heteroatoms. The van der Waals surface area contributed by atoms with Crippen LogP contribution in [-0.2, 0) is 35.4 Å². The number of nitrogens with two attached hydrogens (primary N) is 1. The average molecular weight is 547 g/mol. The van der Waals surface area contributed by atoms with E-state index in [1.165, 1.54) is 12.1 Å². The standard InChI is InChI=1S/C18H18N4O10S3/c19-11-2-4-12(5-3-11)21-22-17-14(20-9-34(25,26)27)6-1-10-7-15(35(28,29)30)13(8-33-32-31-24)18(23)16(10)17/h1-7,20,23-24H,8-9,19H2,(H,25,26,27)(H,28,29,30). The van der Waals surface area contributed by atoms with Crippen LogP contribution in [0.3, 0.4) is 0 Å². The van der Waals surface area contributed by atoms with E-state index in [0.29, 0.717) is 23.4 Å². The number of azo groups is 1. The predicted octanol–water partition coefficient (Wildman–Crippen LogP) is 3.62. The molecule has 0 heterocycles. The lowest BCUT2D eigenvalue weighted by Crippen LogP contribution is -2.13. The molecule has 0 aliphatic carbocycles. The van der Waals surface area contributed by atoms with Gasteiger partial charge in [-0.1, -0.05) is 11.1 Å². The van der Waals surface area contributed by atoms with Gasteiger partial charge >= 0.3 is 0 Å². The third kappa shape index (κ3) is 6.77. The molecule has 0 radical (unpaired) electrons. The van der Waals surface area contributed by atoms with Crippen molar-refractivity contribution in [3.63, 3.8) is 0 Å². The first kappa shape index (κ1) is 26.6. The van der Waals surface area contributed by atoms with E-state index in [-0.39, 0.29) is 27.7 Å². The number of benzene rings is 3. The van der Waals surface area contributed by atoms with Crippen molar-refractivity contribution >= 4 is 65.8 Å². The molecule has 0 saturated heterocycles. The van der Waals surface area contributed by atoms with Crippen LogP contribution in [0.5, 0.6) is 5.75 Å². The summed E-state index contributed by atoms with van der Waals surface area (Å²) >= 11 is 0.393. The molecule has 0 spiro atoms. The summed E-state index contributed by atoms with van der Waals surface area (Å²) in [6.45, 7) is 0. The van der Waals surface area contributed by atoms with Crippen molar-refractivity contribution in [1.29, 1.82) is 0 Å². The van der Waals surface area contributed by atoms with E-state index >= 15 is 0 Å². The highest BCUT2D eigenvalue weighted by Gasteiger charge is 2.24. The van der Waals surface area contributed by atoms with E-state index in [0.717, 1.165) is 6.07 Å². The first-order chi connectivity index (χ1) is 16.4. The third-order valence-corrected chi connectivity index (χ3v) is 6.47. The van der Waals surface area contributed by atoms with Crippen molar-refractivity contribution in [2.24, 2.45) is 10.2 Å². The Morgan fingerprint density at radius 1 is 1.03 bits per heavy atom. The minimum atomic E-state index is -4.82. The van der Waals surface area contributed by atoms with Crippen LogP contribution in [-0.4, -0.2) is 42.2 Å². The van der Waals surface area contributed by atoms with Gasteiger partial charge in [-0.25, -0.2) is 5.26 Å². The van der Waals surface area contributed by atoms with Gasteiger partial charge in [0, 0.05) is 23.3 Å². The van der Waals surface area contributed by atoms with Crippen molar-refractivity contribution in [1.82, 2.24) is 0 Å². The molecule has 0 amide bonds. The maximum atomic E-state index is 11.9. The second kappa shape index (κ2) is 10.7. The third-order valence-electron chi connectivity index (χ3n) is 4.48. The number of hydrogen-bond donors (Lipinski definition) is 6. The molecule has 0 bridgehead atoms. The Labute approximate surface area is 203 Å². The molecular formula is C18H18N4O10S3.